The molecular weight excluding hydrogens is 456 g/mol. The van der Waals surface area contributed by atoms with Crippen LogP contribution in [-0.2, 0) is 25.5 Å². The second-order valence-electron chi connectivity index (χ2n) is 7.09. The smallest absolute Gasteiger partial charge is 0.254 e. The Morgan fingerprint density at radius 3 is 2.66 bits per heavy atom. The number of hydrogen-bond donors (Lipinski definition) is 1. The number of rotatable bonds is 9. The molecule has 3 rings (SSSR count). The number of nitrogens with one attached hydrogen (secondary N) is 1. The maximum atomic E-state index is 12.8. The largest absolute Gasteiger partial charge is 0.383 e. The van der Waals surface area contributed by atoms with E-state index in [9.17, 15) is 14.4 Å². The highest BCUT2D eigenvalue weighted by molar-refractivity contribution is 7.13. The highest BCUT2D eigenvalue weighted by atomic mass is 35.5. The second-order valence-corrected chi connectivity index (χ2v) is 8.38. The van der Waals surface area contributed by atoms with Crippen molar-refractivity contribution in [1.82, 2.24) is 14.8 Å². The Hall–Kier alpha value is -2.53. The Balaban J connectivity index is 1.56. The molecule has 1 N–H and O–H groups in total. The molecular formula is C21H25ClN4O5S. The molecule has 0 spiro atoms. The lowest BCUT2D eigenvalue weighted by Crippen LogP contribution is -2.41. The first kappa shape index (κ1) is 24.1. The summed E-state index contributed by atoms with van der Waals surface area (Å²) in [4.78, 5) is 45.2. The van der Waals surface area contributed by atoms with Crippen LogP contribution in [0.5, 0.6) is 0 Å². The van der Waals surface area contributed by atoms with E-state index in [1.807, 2.05) is 0 Å². The lowest BCUT2D eigenvalue weighted by molar-refractivity contribution is -0.134. The van der Waals surface area contributed by atoms with Gasteiger partial charge in [-0.1, -0.05) is 11.6 Å². The van der Waals surface area contributed by atoms with E-state index in [2.05, 4.69) is 10.3 Å². The number of aromatic nitrogens is 1. The number of anilines is 1. The molecule has 1 aromatic carbocycles. The molecule has 0 saturated carbocycles. The summed E-state index contributed by atoms with van der Waals surface area (Å²) in [6.07, 6.45) is 0.168. The molecule has 3 amide bonds. The minimum atomic E-state index is -0.385. The van der Waals surface area contributed by atoms with Gasteiger partial charge in [-0.15, -0.1) is 11.3 Å². The Bertz CT molecular complexity index is 931. The van der Waals surface area contributed by atoms with Crippen molar-refractivity contribution < 1.29 is 23.9 Å². The van der Waals surface area contributed by atoms with Gasteiger partial charge in [0, 0.05) is 42.7 Å². The number of methoxy groups -OCH3 is 1. The summed E-state index contributed by atoms with van der Waals surface area (Å²) in [6.45, 7) is 2.61. The molecule has 11 heteroatoms. The first-order chi connectivity index (χ1) is 15.5. The lowest BCUT2D eigenvalue weighted by Gasteiger charge is -2.26. The number of halogens is 1. The minimum absolute atomic E-state index is 0.0178. The van der Waals surface area contributed by atoms with Crippen LogP contribution in [0.25, 0.3) is 0 Å². The van der Waals surface area contributed by atoms with Crippen LogP contribution in [0.15, 0.2) is 29.6 Å². The van der Waals surface area contributed by atoms with E-state index in [1.165, 1.54) is 23.3 Å². The number of amides is 3. The van der Waals surface area contributed by atoms with E-state index >= 15 is 0 Å². The summed E-state index contributed by atoms with van der Waals surface area (Å²) in [5, 5.41) is 5.35. The van der Waals surface area contributed by atoms with Gasteiger partial charge in [0.1, 0.15) is 6.54 Å². The number of nitrogens with zero attached hydrogens (tertiary/aromatic N) is 3. The minimum Gasteiger partial charge on any atom is -0.383 e. The third kappa shape index (κ3) is 6.99. The van der Waals surface area contributed by atoms with Crippen LogP contribution in [0.3, 0.4) is 0 Å². The topological polar surface area (TPSA) is 101 Å². The van der Waals surface area contributed by atoms with Crippen LogP contribution in [0.4, 0.5) is 5.13 Å². The summed E-state index contributed by atoms with van der Waals surface area (Å²) < 4.78 is 10.3. The van der Waals surface area contributed by atoms with Crippen LogP contribution < -0.4 is 5.32 Å². The Kier molecular flexibility index (Phi) is 8.98. The molecule has 1 saturated heterocycles. The van der Waals surface area contributed by atoms with E-state index < -0.39 is 0 Å². The van der Waals surface area contributed by atoms with Crippen molar-refractivity contribution in [1.29, 1.82) is 0 Å². The monoisotopic (exact) mass is 480 g/mol. The van der Waals surface area contributed by atoms with Crippen LogP contribution >= 0.6 is 22.9 Å². The first-order valence-electron chi connectivity index (χ1n) is 10.1. The fourth-order valence-corrected chi connectivity index (χ4v) is 3.94. The molecule has 172 valence electrons. The molecule has 1 aliphatic rings. The van der Waals surface area contributed by atoms with Gasteiger partial charge < -0.3 is 24.6 Å². The average Bonchev–Trinajstić information content (AvgIpc) is 3.23. The highest BCUT2D eigenvalue weighted by Gasteiger charge is 2.21. The van der Waals surface area contributed by atoms with E-state index in [0.717, 1.165) is 0 Å². The summed E-state index contributed by atoms with van der Waals surface area (Å²) >= 11 is 7.12. The van der Waals surface area contributed by atoms with E-state index in [4.69, 9.17) is 21.1 Å². The summed E-state index contributed by atoms with van der Waals surface area (Å²) in [5.74, 6) is -0.704. The van der Waals surface area contributed by atoms with Crippen molar-refractivity contribution in [2.75, 3.05) is 58.4 Å². The molecule has 2 aromatic rings. The fourth-order valence-electron chi connectivity index (χ4n) is 3.09. The summed E-state index contributed by atoms with van der Waals surface area (Å²) in [7, 11) is 1.53. The van der Waals surface area contributed by atoms with Gasteiger partial charge >= 0.3 is 0 Å². The quantitative estimate of drug-likeness (QED) is 0.588. The molecule has 32 heavy (non-hydrogen) atoms. The van der Waals surface area contributed by atoms with Gasteiger partial charge in [0.15, 0.2) is 5.13 Å². The fraction of sp³-hybridized carbons (Fsp3) is 0.429. The van der Waals surface area contributed by atoms with E-state index in [-0.39, 0.29) is 43.8 Å². The van der Waals surface area contributed by atoms with Crippen molar-refractivity contribution in [3.8, 4) is 0 Å². The standard InChI is InChI=1S/C21H25ClN4O5S/c1-30-9-6-26(20(29)15-2-4-16(22)5-3-15)13-18(27)24-21-23-17(14-32-21)12-19(28)25-7-10-31-11-8-25/h2-5,14H,6-13H2,1H3,(H,23,24,27). The molecule has 0 radical (unpaired) electrons. The third-order valence-electron chi connectivity index (χ3n) is 4.77. The van der Waals surface area contributed by atoms with Crippen LogP contribution in [0.1, 0.15) is 16.1 Å². The SMILES string of the molecule is COCCN(CC(=O)Nc1nc(CC(=O)N2CCOCC2)cs1)C(=O)c1ccc(Cl)cc1. The zero-order valence-electron chi connectivity index (χ0n) is 17.7. The number of carbonyl (C=O) groups excluding carboxylic acids is 3. The van der Waals surface area contributed by atoms with Crippen molar-refractivity contribution in [2.24, 2.45) is 0 Å². The van der Waals surface area contributed by atoms with Crippen molar-refractivity contribution in [3.05, 3.63) is 45.9 Å². The van der Waals surface area contributed by atoms with Crippen molar-refractivity contribution in [2.45, 2.75) is 6.42 Å². The molecule has 0 atom stereocenters. The first-order valence-corrected chi connectivity index (χ1v) is 11.4. The summed E-state index contributed by atoms with van der Waals surface area (Å²) in [5.41, 5.74) is 1.02. The predicted molar refractivity (Wildman–Crippen MR) is 121 cm³/mol. The number of morpholine rings is 1. The Labute approximate surface area is 195 Å². The van der Waals surface area contributed by atoms with Crippen LogP contribution in [0.2, 0.25) is 5.02 Å². The van der Waals surface area contributed by atoms with Gasteiger partial charge in [-0.05, 0) is 24.3 Å². The molecule has 0 unspecified atom stereocenters. The number of thiazole rings is 1. The van der Waals surface area contributed by atoms with E-state index in [1.54, 1.807) is 34.5 Å². The molecule has 2 heterocycles. The van der Waals surface area contributed by atoms with Gasteiger partial charge in [-0.2, -0.15) is 0 Å². The molecule has 0 aliphatic carbocycles. The number of carbonyl (C=O) groups is 3. The summed E-state index contributed by atoms with van der Waals surface area (Å²) in [6, 6.07) is 6.47. The number of benzene rings is 1. The Morgan fingerprint density at radius 2 is 1.97 bits per heavy atom. The molecule has 9 nitrogen and oxygen atoms in total. The maximum Gasteiger partial charge on any atom is 0.254 e. The molecule has 0 bridgehead atoms. The van der Waals surface area contributed by atoms with Gasteiger partial charge in [0.25, 0.3) is 5.91 Å². The normalized spacial score (nSPS) is 13.6. The van der Waals surface area contributed by atoms with Crippen LogP contribution in [-0.4, -0.2) is 85.6 Å². The highest BCUT2D eigenvalue weighted by Crippen LogP contribution is 2.17. The third-order valence-corrected chi connectivity index (χ3v) is 5.83. The van der Waals surface area contributed by atoms with Gasteiger partial charge in [-0.25, -0.2) is 4.98 Å². The average molecular weight is 481 g/mol. The van der Waals surface area contributed by atoms with Gasteiger partial charge in [0.2, 0.25) is 11.8 Å². The molecule has 1 fully saturated rings. The number of ether oxygens (including phenoxy) is 2. The maximum absolute atomic E-state index is 12.8. The zero-order valence-corrected chi connectivity index (χ0v) is 19.3. The molecule has 1 aliphatic heterocycles. The Morgan fingerprint density at radius 1 is 1.25 bits per heavy atom. The molecule has 1 aromatic heterocycles. The lowest BCUT2D eigenvalue weighted by atomic mass is 10.2. The van der Waals surface area contributed by atoms with Crippen LogP contribution in [0, 0.1) is 0 Å². The van der Waals surface area contributed by atoms with Gasteiger partial charge in [-0.3, -0.25) is 14.4 Å². The van der Waals surface area contributed by atoms with Crippen molar-refractivity contribution in [3.63, 3.8) is 0 Å². The van der Waals surface area contributed by atoms with E-state index in [0.29, 0.717) is 47.7 Å². The predicted octanol–water partition coefficient (Wildman–Crippen LogP) is 1.93. The second kappa shape index (κ2) is 11.9. The number of hydrogen-bond acceptors (Lipinski definition) is 7. The van der Waals surface area contributed by atoms with Crippen molar-refractivity contribution >= 4 is 45.8 Å². The van der Waals surface area contributed by atoms with Gasteiger partial charge in [0.05, 0.1) is 31.9 Å². The zero-order chi connectivity index (χ0) is 22.9.